The monoisotopic (exact) mass is 370 g/mol. The second-order valence-electron chi connectivity index (χ2n) is 7.79. The van der Waals surface area contributed by atoms with E-state index in [4.69, 9.17) is 9.84 Å². The summed E-state index contributed by atoms with van der Waals surface area (Å²) in [6.07, 6.45) is 6.63. The number of nitrogens with zero attached hydrogens (tertiary/aromatic N) is 3. The lowest BCUT2D eigenvalue weighted by molar-refractivity contribution is 0.0745. The molecule has 1 aromatic heterocycles. The maximum absolute atomic E-state index is 5.91. The Balaban J connectivity index is 0.00000225. The van der Waals surface area contributed by atoms with Gasteiger partial charge in [0.25, 0.3) is 0 Å². The van der Waals surface area contributed by atoms with E-state index in [2.05, 4.69) is 41.7 Å². The summed E-state index contributed by atoms with van der Waals surface area (Å²) >= 11 is 0. The molecule has 2 atom stereocenters. The molecule has 2 fully saturated rings. The number of hydrogen-bond acceptors (Lipinski definition) is 4. The lowest BCUT2D eigenvalue weighted by Crippen LogP contribution is -2.54. The van der Waals surface area contributed by atoms with Crippen molar-refractivity contribution >= 4 is 12.4 Å². The standard InChI is InChI=1S/C19H34N4O.ClH/c1-15-12-22(13-16(2)20-15)9-10-24-14-18-11-17(3)23(21-18)19-7-5-4-6-8-19;/h11,15-16,19-20H,4-10,12-14H2,1-3H3;1H/t15-,16+;. The van der Waals surface area contributed by atoms with Gasteiger partial charge in [-0.1, -0.05) is 19.3 Å². The SMILES string of the molecule is Cc1cc(COCCN2C[C@@H](C)N[C@@H](C)C2)nn1C1CCCCC1.Cl. The molecule has 0 radical (unpaired) electrons. The molecule has 1 aliphatic carbocycles. The van der Waals surface area contributed by atoms with E-state index >= 15 is 0 Å². The number of piperazine rings is 1. The van der Waals surface area contributed by atoms with Crippen molar-refractivity contribution in [3.63, 3.8) is 0 Å². The third-order valence-electron chi connectivity index (χ3n) is 5.33. The minimum Gasteiger partial charge on any atom is -0.374 e. The van der Waals surface area contributed by atoms with Gasteiger partial charge < -0.3 is 10.1 Å². The average molecular weight is 371 g/mol. The molecular formula is C19H35ClN4O. The van der Waals surface area contributed by atoms with Crippen molar-refractivity contribution in [2.75, 3.05) is 26.2 Å². The summed E-state index contributed by atoms with van der Waals surface area (Å²) in [5.41, 5.74) is 2.37. The summed E-state index contributed by atoms with van der Waals surface area (Å²) in [4.78, 5) is 2.50. The zero-order valence-electron chi connectivity index (χ0n) is 16.0. The molecule has 6 heteroatoms. The lowest BCUT2D eigenvalue weighted by atomic mass is 9.95. The highest BCUT2D eigenvalue weighted by Gasteiger charge is 2.21. The van der Waals surface area contributed by atoms with Gasteiger partial charge >= 0.3 is 0 Å². The molecule has 1 aliphatic heterocycles. The van der Waals surface area contributed by atoms with Crippen LogP contribution in [0.1, 0.15) is 63.4 Å². The fourth-order valence-electron chi connectivity index (χ4n) is 4.31. The molecule has 1 saturated carbocycles. The molecule has 0 unspecified atom stereocenters. The Labute approximate surface area is 158 Å². The molecule has 0 bridgehead atoms. The first-order chi connectivity index (χ1) is 11.6. The lowest BCUT2D eigenvalue weighted by Gasteiger charge is -2.35. The zero-order valence-corrected chi connectivity index (χ0v) is 16.9. The van der Waals surface area contributed by atoms with Gasteiger partial charge in [-0.05, 0) is 39.7 Å². The van der Waals surface area contributed by atoms with Crippen molar-refractivity contribution in [3.05, 3.63) is 17.5 Å². The molecule has 0 amide bonds. The van der Waals surface area contributed by atoms with Crippen LogP contribution in [0.5, 0.6) is 0 Å². The number of aryl methyl sites for hydroxylation is 1. The van der Waals surface area contributed by atoms with E-state index in [1.807, 2.05) is 0 Å². The number of aromatic nitrogens is 2. The van der Waals surface area contributed by atoms with Gasteiger partial charge in [0.1, 0.15) is 0 Å². The largest absolute Gasteiger partial charge is 0.374 e. The Morgan fingerprint density at radius 3 is 2.52 bits per heavy atom. The quantitative estimate of drug-likeness (QED) is 0.780. The summed E-state index contributed by atoms with van der Waals surface area (Å²) in [5.74, 6) is 0. The molecule has 3 rings (SSSR count). The zero-order chi connectivity index (χ0) is 16.9. The fraction of sp³-hybridized carbons (Fsp3) is 0.842. The van der Waals surface area contributed by atoms with Gasteiger partial charge in [0, 0.05) is 37.4 Å². The number of rotatable bonds is 6. The van der Waals surface area contributed by atoms with Gasteiger partial charge in [0.15, 0.2) is 0 Å². The summed E-state index contributed by atoms with van der Waals surface area (Å²) in [6, 6.07) is 3.95. The molecule has 2 aliphatic rings. The third-order valence-corrected chi connectivity index (χ3v) is 5.33. The second-order valence-corrected chi connectivity index (χ2v) is 7.79. The topological polar surface area (TPSA) is 42.3 Å². The summed E-state index contributed by atoms with van der Waals surface area (Å²) in [7, 11) is 0. The van der Waals surface area contributed by atoms with Crippen molar-refractivity contribution in [3.8, 4) is 0 Å². The van der Waals surface area contributed by atoms with Crippen LogP contribution in [0.3, 0.4) is 0 Å². The highest BCUT2D eigenvalue weighted by atomic mass is 35.5. The average Bonchev–Trinajstić information content (AvgIpc) is 2.92. The van der Waals surface area contributed by atoms with Crippen molar-refractivity contribution in [1.82, 2.24) is 20.0 Å². The molecular weight excluding hydrogens is 336 g/mol. The van der Waals surface area contributed by atoms with Crippen LogP contribution in [-0.4, -0.2) is 53.0 Å². The van der Waals surface area contributed by atoms with Gasteiger partial charge in [0.05, 0.1) is 24.9 Å². The first kappa shape index (κ1) is 20.7. The number of hydrogen-bond donors (Lipinski definition) is 1. The van der Waals surface area contributed by atoms with Crippen LogP contribution in [0.15, 0.2) is 6.07 Å². The number of nitrogens with one attached hydrogen (secondary N) is 1. The maximum atomic E-state index is 5.91. The number of ether oxygens (including phenoxy) is 1. The van der Waals surface area contributed by atoms with Crippen molar-refractivity contribution < 1.29 is 4.74 Å². The molecule has 144 valence electrons. The Morgan fingerprint density at radius 2 is 1.84 bits per heavy atom. The van der Waals surface area contributed by atoms with E-state index in [0.717, 1.165) is 31.9 Å². The molecule has 5 nitrogen and oxygen atoms in total. The smallest absolute Gasteiger partial charge is 0.0907 e. The highest BCUT2D eigenvalue weighted by molar-refractivity contribution is 5.85. The first-order valence-electron chi connectivity index (χ1n) is 9.73. The van der Waals surface area contributed by atoms with Gasteiger partial charge in [-0.3, -0.25) is 9.58 Å². The normalized spacial score (nSPS) is 25.7. The summed E-state index contributed by atoms with van der Waals surface area (Å²) in [6.45, 7) is 11.3. The predicted octanol–water partition coefficient (Wildman–Crippen LogP) is 3.32. The van der Waals surface area contributed by atoms with E-state index in [1.54, 1.807) is 0 Å². The Bertz CT molecular complexity index is 506. The van der Waals surface area contributed by atoms with E-state index in [0.29, 0.717) is 24.7 Å². The predicted molar refractivity (Wildman–Crippen MR) is 104 cm³/mol. The van der Waals surface area contributed by atoms with Crippen molar-refractivity contribution in [2.24, 2.45) is 0 Å². The van der Waals surface area contributed by atoms with Gasteiger partial charge in [-0.15, -0.1) is 12.4 Å². The van der Waals surface area contributed by atoms with Crippen molar-refractivity contribution in [2.45, 2.75) is 77.6 Å². The molecule has 25 heavy (non-hydrogen) atoms. The van der Waals surface area contributed by atoms with Gasteiger partial charge in [-0.25, -0.2) is 0 Å². The van der Waals surface area contributed by atoms with Crippen molar-refractivity contribution in [1.29, 1.82) is 0 Å². The molecule has 0 aromatic carbocycles. The molecule has 2 heterocycles. The van der Waals surface area contributed by atoms with E-state index in [1.165, 1.54) is 37.8 Å². The van der Waals surface area contributed by atoms with Crippen LogP contribution >= 0.6 is 12.4 Å². The molecule has 1 saturated heterocycles. The third kappa shape index (κ3) is 5.95. The second kappa shape index (κ2) is 9.91. The van der Waals surface area contributed by atoms with Crippen LogP contribution in [-0.2, 0) is 11.3 Å². The van der Waals surface area contributed by atoms with Gasteiger partial charge in [0.2, 0.25) is 0 Å². The van der Waals surface area contributed by atoms with Crippen LogP contribution < -0.4 is 5.32 Å². The molecule has 0 spiro atoms. The molecule has 1 N–H and O–H groups in total. The fourth-order valence-corrected chi connectivity index (χ4v) is 4.31. The minimum absolute atomic E-state index is 0. The summed E-state index contributed by atoms with van der Waals surface area (Å²) < 4.78 is 8.16. The van der Waals surface area contributed by atoms with Crippen LogP contribution in [0.25, 0.3) is 0 Å². The highest BCUT2D eigenvalue weighted by Crippen LogP contribution is 2.28. The van der Waals surface area contributed by atoms with E-state index in [-0.39, 0.29) is 12.4 Å². The van der Waals surface area contributed by atoms with Gasteiger partial charge in [-0.2, -0.15) is 5.10 Å². The first-order valence-corrected chi connectivity index (χ1v) is 9.73. The number of halogens is 1. The Hall–Kier alpha value is -0.620. The summed E-state index contributed by atoms with van der Waals surface area (Å²) in [5, 5.41) is 8.38. The maximum Gasteiger partial charge on any atom is 0.0907 e. The van der Waals surface area contributed by atoms with Crippen LogP contribution in [0, 0.1) is 6.92 Å². The minimum atomic E-state index is 0. The van der Waals surface area contributed by atoms with Crippen LogP contribution in [0.4, 0.5) is 0 Å². The van der Waals surface area contributed by atoms with E-state index < -0.39 is 0 Å². The van der Waals surface area contributed by atoms with Crippen LogP contribution in [0.2, 0.25) is 0 Å². The Kier molecular flexibility index (Phi) is 8.20. The van der Waals surface area contributed by atoms with E-state index in [9.17, 15) is 0 Å². The Morgan fingerprint density at radius 1 is 1.16 bits per heavy atom. The molecule has 1 aromatic rings.